The molecule has 0 radical (unpaired) electrons. The molecule has 0 aromatic carbocycles. The molecule has 0 bridgehead atoms. The molecule has 0 saturated heterocycles. The molecule has 6 heteroatoms. The first kappa shape index (κ1) is 11.7. The maximum Gasteiger partial charge on any atom is 0.284 e. The smallest absolute Gasteiger partial charge is 0.284 e. The Kier molecular flexibility index (Phi) is 2.93. The van der Waals surface area contributed by atoms with Crippen molar-refractivity contribution in [1.29, 1.82) is 0 Å². The van der Waals surface area contributed by atoms with E-state index < -0.39 is 5.91 Å². The molecule has 5 nitrogen and oxygen atoms in total. The van der Waals surface area contributed by atoms with Crippen LogP contribution in [0.5, 0.6) is 0 Å². The maximum absolute atomic E-state index is 10.9. The number of nitrogens with zero attached hydrogens (tertiary/aromatic N) is 2. The quantitative estimate of drug-likeness (QED) is 0.908. The van der Waals surface area contributed by atoms with Gasteiger partial charge in [-0.3, -0.25) is 9.48 Å². The van der Waals surface area contributed by atoms with Gasteiger partial charge in [0.15, 0.2) is 5.76 Å². The zero-order valence-corrected chi connectivity index (χ0v) is 10.3. The number of furan rings is 1. The highest BCUT2D eigenvalue weighted by atomic mass is 35.5. The topological polar surface area (TPSA) is 74.1 Å². The molecule has 2 heterocycles. The van der Waals surface area contributed by atoms with Gasteiger partial charge in [0.05, 0.1) is 23.0 Å². The fraction of sp³-hybridized carbons (Fsp3) is 0.273. The van der Waals surface area contributed by atoms with Crippen molar-refractivity contribution < 1.29 is 9.21 Å². The van der Waals surface area contributed by atoms with Crippen LogP contribution < -0.4 is 5.73 Å². The summed E-state index contributed by atoms with van der Waals surface area (Å²) in [6, 6.07) is 3.25. The van der Waals surface area contributed by atoms with Crippen molar-refractivity contribution in [2.75, 3.05) is 0 Å². The Morgan fingerprint density at radius 2 is 2.24 bits per heavy atom. The molecule has 0 spiro atoms. The fourth-order valence-corrected chi connectivity index (χ4v) is 1.71. The summed E-state index contributed by atoms with van der Waals surface area (Å²) in [5.41, 5.74) is 6.73. The zero-order valence-electron chi connectivity index (χ0n) is 9.53. The number of nitrogens with two attached hydrogens (primary N) is 1. The Morgan fingerprint density at radius 3 is 2.71 bits per heavy atom. The molecule has 2 aromatic rings. The predicted octanol–water partition coefficient (Wildman–Crippen LogP) is 1.89. The highest BCUT2D eigenvalue weighted by molar-refractivity contribution is 6.31. The minimum absolute atomic E-state index is 0.146. The lowest BCUT2D eigenvalue weighted by atomic mass is 10.4. The number of rotatable bonds is 3. The first-order valence-corrected chi connectivity index (χ1v) is 5.45. The van der Waals surface area contributed by atoms with Crippen LogP contribution in [0.2, 0.25) is 5.02 Å². The van der Waals surface area contributed by atoms with Gasteiger partial charge >= 0.3 is 0 Å². The number of aryl methyl sites for hydroxylation is 1. The summed E-state index contributed by atoms with van der Waals surface area (Å²) in [4.78, 5) is 10.9. The summed E-state index contributed by atoms with van der Waals surface area (Å²) in [6.45, 7) is 4.13. The number of aromatic nitrogens is 2. The molecule has 2 aromatic heterocycles. The van der Waals surface area contributed by atoms with E-state index in [-0.39, 0.29) is 5.76 Å². The van der Waals surface area contributed by atoms with Crippen LogP contribution in [0.1, 0.15) is 27.7 Å². The maximum atomic E-state index is 10.9. The molecule has 17 heavy (non-hydrogen) atoms. The van der Waals surface area contributed by atoms with Crippen LogP contribution >= 0.6 is 11.6 Å². The second-order valence-corrected chi connectivity index (χ2v) is 4.15. The molecule has 2 N–H and O–H groups in total. The predicted molar refractivity (Wildman–Crippen MR) is 63.0 cm³/mol. The Balaban J connectivity index is 2.25. The van der Waals surface area contributed by atoms with Crippen LogP contribution in [0.15, 0.2) is 16.5 Å². The third-order valence-electron chi connectivity index (χ3n) is 2.50. The molecule has 0 fully saturated rings. The van der Waals surface area contributed by atoms with Crippen LogP contribution in [0.4, 0.5) is 0 Å². The Hall–Kier alpha value is -1.75. The third-order valence-corrected chi connectivity index (χ3v) is 3.05. The molecule has 0 unspecified atom stereocenters. The van der Waals surface area contributed by atoms with E-state index in [0.29, 0.717) is 17.3 Å². The molecule has 0 saturated carbocycles. The number of carbonyl (C=O) groups excluding carboxylic acids is 1. The van der Waals surface area contributed by atoms with E-state index in [0.717, 1.165) is 11.4 Å². The summed E-state index contributed by atoms with van der Waals surface area (Å²) < 4.78 is 7.00. The molecule has 1 amide bonds. The van der Waals surface area contributed by atoms with E-state index in [1.165, 1.54) is 0 Å². The minimum atomic E-state index is -0.581. The first-order chi connectivity index (χ1) is 7.99. The summed E-state index contributed by atoms with van der Waals surface area (Å²) >= 11 is 6.03. The minimum Gasteiger partial charge on any atom is -0.454 e. The monoisotopic (exact) mass is 253 g/mol. The number of hydrogen-bond acceptors (Lipinski definition) is 3. The van der Waals surface area contributed by atoms with Gasteiger partial charge in [0.1, 0.15) is 5.76 Å². The molecule has 0 atom stereocenters. The normalized spacial score (nSPS) is 10.8. The molecule has 0 aliphatic rings. The van der Waals surface area contributed by atoms with E-state index in [1.54, 1.807) is 16.8 Å². The van der Waals surface area contributed by atoms with Gasteiger partial charge in [-0.2, -0.15) is 5.10 Å². The Labute approximate surface area is 103 Å². The Morgan fingerprint density at radius 1 is 1.53 bits per heavy atom. The fourth-order valence-electron chi connectivity index (χ4n) is 1.57. The van der Waals surface area contributed by atoms with Gasteiger partial charge in [0.25, 0.3) is 5.91 Å². The average molecular weight is 254 g/mol. The molecule has 0 aliphatic heterocycles. The zero-order chi connectivity index (χ0) is 12.6. The lowest BCUT2D eigenvalue weighted by molar-refractivity contribution is 0.0972. The van der Waals surface area contributed by atoms with Crippen LogP contribution in [-0.4, -0.2) is 15.7 Å². The van der Waals surface area contributed by atoms with E-state index in [2.05, 4.69) is 5.10 Å². The van der Waals surface area contributed by atoms with E-state index >= 15 is 0 Å². The van der Waals surface area contributed by atoms with Gasteiger partial charge in [0.2, 0.25) is 0 Å². The molecule has 90 valence electrons. The van der Waals surface area contributed by atoms with E-state index in [4.69, 9.17) is 21.8 Å². The van der Waals surface area contributed by atoms with Crippen molar-refractivity contribution in [3.63, 3.8) is 0 Å². The number of hydrogen-bond donors (Lipinski definition) is 1. The van der Waals surface area contributed by atoms with Gasteiger partial charge in [-0.1, -0.05) is 11.6 Å². The van der Waals surface area contributed by atoms with Crippen molar-refractivity contribution in [2.24, 2.45) is 5.73 Å². The van der Waals surface area contributed by atoms with Crippen molar-refractivity contribution in [1.82, 2.24) is 9.78 Å². The standard InChI is InChI=1S/C11H12ClN3O2/c1-6-10(12)7(2)15(14-6)5-8-3-4-9(17-8)11(13)16/h3-4H,5H2,1-2H3,(H2,13,16). The number of amides is 1. The molecule has 0 aliphatic carbocycles. The lowest BCUT2D eigenvalue weighted by Gasteiger charge is -2.01. The first-order valence-electron chi connectivity index (χ1n) is 5.07. The van der Waals surface area contributed by atoms with Gasteiger partial charge in [-0.15, -0.1) is 0 Å². The summed E-state index contributed by atoms with van der Waals surface area (Å²) in [5, 5.41) is 4.91. The molecule has 2 rings (SSSR count). The average Bonchev–Trinajstić information content (AvgIpc) is 2.82. The lowest BCUT2D eigenvalue weighted by Crippen LogP contribution is -2.09. The molecular weight excluding hydrogens is 242 g/mol. The van der Waals surface area contributed by atoms with Gasteiger partial charge < -0.3 is 10.2 Å². The van der Waals surface area contributed by atoms with Crippen LogP contribution in [0.3, 0.4) is 0 Å². The van der Waals surface area contributed by atoms with Crippen molar-refractivity contribution >= 4 is 17.5 Å². The molecular formula is C11H12ClN3O2. The van der Waals surface area contributed by atoms with Crippen LogP contribution in [0.25, 0.3) is 0 Å². The van der Waals surface area contributed by atoms with Crippen molar-refractivity contribution in [3.8, 4) is 0 Å². The van der Waals surface area contributed by atoms with Gasteiger partial charge in [-0.25, -0.2) is 0 Å². The summed E-state index contributed by atoms with van der Waals surface area (Å²) in [6.07, 6.45) is 0. The number of primary amides is 1. The van der Waals surface area contributed by atoms with E-state index in [9.17, 15) is 4.79 Å². The number of carbonyl (C=O) groups is 1. The SMILES string of the molecule is Cc1nn(Cc2ccc(C(N)=O)o2)c(C)c1Cl. The summed E-state index contributed by atoms with van der Waals surface area (Å²) in [7, 11) is 0. The van der Waals surface area contributed by atoms with Crippen LogP contribution in [-0.2, 0) is 6.54 Å². The summed E-state index contributed by atoms with van der Waals surface area (Å²) in [5.74, 6) is 0.177. The number of halogens is 1. The largest absolute Gasteiger partial charge is 0.454 e. The van der Waals surface area contributed by atoms with Crippen LogP contribution in [0, 0.1) is 13.8 Å². The second kappa shape index (κ2) is 4.25. The van der Waals surface area contributed by atoms with Gasteiger partial charge in [0, 0.05) is 0 Å². The Bertz CT molecular complexity index is 571. The highest BCUT2D eigenvalue weighted by Gasteiger charge is 2.12. The van der Waals surface area contributed by atoms with Gasteiger partial charge in [-0.05, 0) is 26.0 Å². The third kappa shape index (κ3) is 2.19. The van der Waals surface area contributed by atoms with Crippen molar-refractivity contribution in [2.45, 2.75) is 20.4 Å². The highest BCUT2D eigenvalue weighted by Crippen LogP contribution is 2.20. The van der Waals surface area contributed by atoms with E-state index in [1.807, 2.05) is 13.8 Å². The second-order valence-electron chi connectivity index (χ2n) is 3.77. The van der Waals surface area contributed by atoms with Crippen molar-refractivity contribution in [3.05, 3.63) is 40.1 Å².